The predicted molar refractivity (Wildman–Crippen MR) is 218 cm³/mol. The number of benzene rings is 2. The number of nitrogens with zero attached hydrogens (tertiary/aromatic N) is 6. The van der Waals surface area contributed by atoms with Crippen LogP contribution in [0.4, 0.5) is 5.69 Å². The molecule has 1 saturated heterocycles. The fourth-order valence-electron chi connectivity index (χ4n) is 5.96. The van der Waals surface area contributed by atoms with Crippen LogP contribution in [0.15, 0.2) is 76.9 Å². The Bertz CT molecular complexity index is 1880. The lowest BCUT2D eigenvalue weighted by Crippen LogP contribution is -2.41. The number of pyridine rings is 1. The van der Waals surface area contributed by atoms with Crippen molar-refractivity contribution in [3.8, 4) is 17.1 Å². The minimum absolute atomic E-state index is 0.0848. The first-order valence-electron chi connectivity index (χ1n) is 18.6. The molecule has 288 valence electrons. The monoisotopic (exact) mass is 737 g/mol. The fraction of sp³-hybridized carbons (Fsp3) is 0.415. The smallest absolute Gasteiger partial charge is 0.237 e. The van der Waals surface area contributed by atoms with Crippen LogP contribution in [-0.2, 0) is 14.3 Å². The molecule has 4 aromatic rings. The molecule has 1 fully saturated rings. The molecular weight excluding hydrogens is 683 g/mol. The summed E-state index contributed by atoms with van der Waals surface area (Å²) >= 11 is 0. The van der Waals surface area contributed by atoms with Crippen molar-refractivity contribution in [2.75, 3.05) is 45.2 Å². The lowest BCUT2D eigenvalue weighted by molar-refractivity contribution is -0.131. The largest absolute Gasteiger partial charge is 0.475 e. The average molecular weight is 738 g/mol. The molecule has 2 aromatic carbocycles. The van der Waals surface area contributed by atoms with Crippen LogP contribution in [-0.4, -0.2) is 108 Å². The number of aromatic amines is 1. The number of hydrogen-bond acceptors (Lipinski definition) is 8. The number of aromatic nitrogens is 3. The zero-order valence-corrected chi connectivity index (χ0v) is 32.6. The van der Waals surface area contributed by atoms with Crippen molar-refractivity contribution in [2.45, 2.75) is 72.6 Å². The first-order valence-corrected chi connectivity index (χ1v) is 18.6. The SMILES string of the molecule is CC.CC(C)Oc1ccc(-c2n[nH]c3ccc(NC=O)cc23)cn1.CO[C@H]1CCN(CC(=O)N2CC=C(c3ccc(C(N)=NC=NC(C)C)cc3)CC2)C1. The fourth-order valence-corrected chi connectivity index (χ4v) is 5.96. The van der Waals surface area contributed by atoms with E-state index in [1.54, 1.807) is 13.3 Å². The summed E-state index contributed by atoms with van der Waals surface area (Å²) in [4.78, 5) is 40.0. The maximum absolute atomic E-state index is 12.6. The molecule has 54 heavy (non-hydrogen) atoms. The van der Waals surface area contributed by atoms with Gasteiger partial charge >= 0.3 is 0 Å². The number of carbonyl (C=O) groups excluding carboxylic acids is 2. The number of hydrogen-bond donors (Lipinski definition) is 3. The van der Waals surface area contributed by atoms with E-state index < -0.39 is 0 Å². The zero-order valence-electron chi connectivity index (χ0n) is 32.6. The number of methoxy groups -OCH3 is 1. The van der Waals surface area contributed by atoms with E-state index in [0.29, 0.717) is 31.2 Å². The van der Waals surface area contributed by atoms with Crippen LogP contribution in [0.1, 0.15) is 65.5 Å². The van der Waals surface area contributed by atoms with Crippen molar-refractivity contribution in [1.29, 1.82) is 0 Å². The van der Waals surface area contributed by atoms with Gasteiger partial charge in [0.2, 0.25) is 18.2 Å². The number of amides is 2. The maximum Gasteiger partial charge on any atom is 0.237 e. The summed E-state index contributed by atoms with van der Waals surface area (Å²) in [7, 11) is 1.74. The molecule has 0 bridgehead atoms. The van der Waals surface area contributed by atoms with Gasteiger partial charge in [-0.1, -0.05) is 44.2 Å². The lowest BCUT2D eigenvalue weighted by atomic mass is 9.98. The topological polar surface area (TPSA) is 163 Å². The van der Waals surface area contributed by atoms with Crippen LogP contribution >= 0.6 is 0 Å². The maximum atomic E-state index is 12.6. The number of H-pyrrole nitrogens is 1. The Hall–Kier alpha value is -5.40. The van der Waals surface area contributed by atoms with Crippen molar-refractivity contribution in [2.24, 2.45) is 15.7 Å². The van der Waals surface area contributed by atoms with Crippen LogP contribution in [0.5, 0.6) is 5.88 Å². The van der Waals surface area contributed by atoms with Crippen LogP contribution in [0.25, 0.3) is 27.7 Å². The first-order chi connectivity index (χ1) is 26.1. The van der Waals surface area contributed by atoms with Gasteiger partial charge in [0, 0.05) is 73.8 Å². The number of nitrogens with one attached hydrogen (secondary N) is 2. The number of amidine groups is 1. The van der Waals surface area contributed by atoms with E-state index in [1.807, 2.05) is 88.9 Å². The standard InChI is InChI=1S/C23H33N5O2.C16H16N4O2.C2H6/c1-17(2)25-16-26-23(24)20-6-4-18(5-7-20)19-8-12-28(13-9-19)22(29)15-27-11-10-21(14-27)30-3;1-10(2)22-15-6-3-11(8-17-15)16-13-7-12(18-9-21)4-5-14(13)19-20-16;1-2/h4-8,16-17,21H,9-15H2,1-3H3,(H2,24,25,26);3-10H,1-2H3,(H,18,21)(H,19,20);1-2H3/t21-;;/m0../s1. The molecule has 13 heteroatoms. The predicted octanol–water partition coefficient (Wildman–Crippen LogP) is 6.17. The normalized spacial score (nSPS) is 16.2. The molecule has 0 aliphatic carbocycles. The first kappa shape index (κ1) is 41.4. The molecule has 13 nitrogen and oxygen atoms in total. The highest BCUT2D eigenvalue weighted by atomic mass is 16.5. The van der Waals surface area contributed by atoms with Crippen molar-refractivity contribution >= 4 is 46.7 Å². The molecule has 4 heterocycles. The molecule has 0 saturated carbocycles. The summed E-state index contributed by atoms with van der Waals surface area (Å²) in [5.74, 6) is 1.24. The molecule has 2 aromatic heterocycles. The minimum atomic E-state index is 0.0848. The zero-order chi connectivity index (χ0) is 39.0. The Balaban J connectivity index is 0.000000240. The number of carbonyl (C=O) groups is 2. The third-order valence-electron chi connectivity index (χ3n) is 8.75. The van der Waals surface area contributed by atoms with Crippen molar-refractivity contribution in [3.05, 3.63) is 78.0 Å². The Labute approximate surface area is 318 Å². The van der Waals surface area contributed by atoms with Crippen molar-refractivity contribution in [1.82, 2.24) is 25.0 Å². The molecule has 2 aliphatic heterocycles. The van der Waals surface area contributed by atoms with Crippen LogP contribution in [0, 0.1) is 0 Å². The highest BCUT2D eigenvalue weighted by Gasteiger charge is 2.26. The van der Waals surface area contributed by atoms with E-state index in [9.17, 15) is 9.59 Å². The van der Waals surface area contributed by atoms with Gasteiger partial charge in [0.15, 0.2) is 0 Å². The Morgan fingerprint density at radius 2 is 1.83 bits per heavy atom. The van der Waals surface area contributed by atoms with E-state index in [1.165, 1.54) is 11.9 Å². The number of nitrogens with two attached hydrogens (primary N) is 1. The van der Waals surface area contributed by atoms with Gasteiger partial charge in [-0.15, -0.1) is 0 Å². The lowest BCUT2D eigenvalue weighted by Gasteiger charge is -2.28. The van der Waals surface area contributed by atoms with E-state index in [4.69, 9.17) is 15.2 Å². The van der Waals surface area contributed by atoms with E-state index >= 15 is 0 Å². The van der Waals surface area contributed by atoms with Crippen LogP contribution < -0.4 is 15.8 Å². The molecule has 4 N–H and O–H groups in total. The molecule has 2 aliphatic rings. The summed E-state index contributed by atoms with van der Waals surface area (Å²) < 4.78 is 10.9. The molecular formula is C41H55N9O4. The van der Waals surface area contributed by atoms with E-state index in [-0.39, 0.29) is 24.2 Å². The van der Waals surface area contributed by atoms with E-state index in [2.05, 4.69) is 53.6 Å². The van der Waals surface area contributed by atoms with Crippen molar-refractivity contribution < 1.29 is 19.1 Å². The highest BCUT2D eigenvalue weighted by molar-refractivity contribution is 6.01. The Kier molecular flexibility index (Phi) is 15.9. The quantitative estimate of drug-likeness (QED) is 0.0883. The third-order valence-corrected chi connectivity index (χ3v) is 8.75. The van der Waals surface area contributed by atoms with Gasteiger partial charge in [-0.25, -0.2) is 9.98 Å². The second-order valence-corrected chi connectivity index (χ2v) is 13.3. The molecule has 0 spiro atoms. The second-order valence-electron chi connectivity index (χ2n) is 13.3. The summed E-state index contributed by atoms with van der Waals surface area (Å²) in [6.07, 6.45) is 8.26. The summed E-state index contributed by atoms with van der Waals surface area (Å²) in [6.45, 7) is 15.6. The van der Waals surface area contributed by atoms with E-state index in [0.717, 1.165) is 71.5 Å². The van der Waals surface area contributed by atoms with Crippen LogP contribution in [0.2, 0.25) is 0 Å². The minimum Gasteiger partial charge on any atom is -0.475 e. The Morgan fingerprint density at radius 3 is 2.44 bits per heavy atom. The highest BCUT2D eigenvalue weighted by Crippen LogP contribution is 2.29. The third kappa shape index (κ3) is 11.8. The van der Waals surface area contributed by atoms with Gasteiger partial charge in [-0.3, -0.25) is 24.6 Å². The molecule has 0 unspecified atom stereocenters. The van der Waals surface area contributed by atoms with Gasteiger partial charge in [0.1, 0.15) is 17.9 Å². The van der Waals surface area contributed by atoms with Crippen molar-refractivity contribution in [3.63, 3.8) is 0 Å². The summed E-state index contributed by atoms with van der Waals surface area (Å²) in [5.41, 5.74) is 12.6. The summed E-state index contributed by atoms with van der Waals surface area (Å²) in [5, 5.41) is 10.9. The van der Waals surface area contributed by atoms with Gasteiger partial charge < -0.3 is 25.4 Å². The number of aliphatic imine (C=N–C) groups is 2. The number of likely N-dealkylation sites (tertiary alicyclic amines) is 1. The van der Waals surface area contributed by atoms with Crippen LogP contribution in [0.3, 0.4) is 0 Å². The molecule has 2 amide bonds. The number of rotatable bonds is 12. The summed E-state index contributed by atoms with van der Waals surface area (Å²) in [6, 6.07) is 17.6. The molecule has 1 atom stereocenters. The molecule has 6 rings (SSSR count). The van der Waals surface area contributed by atoms with Gasteiger partial charge in [0.25, 0.3) is 0 Å². The molecule has 0 radical (unpaired) electrons. The number of ether oxygens (including phenoxy) is 2. The number of fused-ring (bicyclic) bond motifs is 1. The van der Waals surface area contributed by atoms with Gasteiger partial charge in [-0.2, -0.15) is 5.10 Å². The van der Waals surface area contributed by atoms with Gasteiger partial charge in [-0.05, 0) is 75.9 Å². The van der Waals surface area contributed by atoms with Gasteiger partial charge in [0.05, 0.1) is 24.3 Å². The average Bonchev–Trinajstić information content (AvgIpc) is 3.83. The number of anilines is 1. The Morgan fingerprint density at radius 1 is 1.07 bits per heavy atom. The second kappa shape index (κ2) is 20.7.